The van der Waals surface area contributed by atoms with E-state index in [1.54, 1.807) is 0 Å². The maximum atomic E-state index is 10.8. The van der Waals surface area contributed by atoms with Crippen molar-refractivity contribution in [2.24, 2.45) is 11.8 Å². The lowest BCUT2D eigenvalue weighted by atomic mass is 9.74. The van der Waals surface area contributed by atoms with Crippen molar-refractivity contribution in [3.05, 3.63) is 108 Å². The van der Waals surface area contributed by atoms with E-state index in [-0.39, 0.29) is 47.8 Å². The maximum absolute atomic E-state index is 10.8. The van der Waals surface area contributed by atoms with Crippen molar-refractivity contribution < 1.29 is 23.7 Å². The number of rotatable bonds is 16. The topological polar surface area (TPSA) is 72.4 Å². The molecule has 0 bridgehead atoms. The molecule has 3 aromatic carbocycles. The fraction of sp³-hybridized carbons (Fsp3) is 0.550. The molecule has 1 saturated carbocycles. The zero-order valence-corrected chi connectivity index (χ0v) is 30.7. The van der Waals surface area contributed by atoms with Gasteiger partial charge in [-0.25, -0.2) is 10.4 Å². The number of hydrogen-bond donors (Lipinski definition) is 2. The van der Waals surface area contributed by atoms with Crippen LogP contribution in [-0.4, -0.2) is 69.3 Å². The van der Waals surface area contributed by atoms with E-state index < -0.39 is 8.32 Å². The van der Waals surface area contributed by atoms with E-state index in [1.807, 2.05) is 24.3 Å². The summed E-state index contributed by atoms with van der Waals surface area (Å²) in [6.45, 7) is 14.6. The molecule has 0 unspecified atom stereocenters. The van der Waals surface area contributed by atoms with Gasteiger partial charge in [0.1, 0.15) is 6.73 Å². The molecule has 7 nitrogen and oxygen atoms in total. The van der Waals surface area contributed by atoms with Crippen LogP contribution in [0.25, 0.3) is 0 Å². The van der Waals surface area contributed by atoms with Gasteiger partial charge in [-0.05, 0) is 72.3 Å². The van der Waals surface area contributed by atoms with Gasteiger partial charge in [0.25, 0.3) is 0 Å². The molecular formula is C40H58N2O5Si. The summed E-state index contributed by atoms with van der Waals surface area (Å²) < 4.78 is 26.1. The number of benzene rings is 3. The van der Waals surface area contributed by atoms with Crippen molar-refractivity contribution in [2.75, 3.05) is 26.6 Å². The Bertz CT molecular complexity index is 1340. The quantitative estimate of drug-likeness (QED) is 0.154. The van der Waals surface area contributed by atoms with Crippen LogP contribution in [0.4, 0.5) is 0 Å². The van der Waals surface area contributed by atoms with Crippen molar-refractivity contribution in [2.45, 2.75) is 102 Å². The number of hydrogen-bond acceptors (Lipinski definition) is 7. The van der Waals surface area contributed by atoms with Crippen molar-refractivity contribution in [1.82, 2.24) is 10.4 Å². The molecule has 3 aromatic rings. The number of aliphatic hydroxyl groups is 1. The molecule has 2 N–H and O–H groups in total. The first kappa shape index (κ1) is 36.9. The van der Waals surface area contributed by atoms with E-state index in [1.165, 1.54) is 5.56 Å². The lowest BCUT2D eigenvalue weighted by Gasteiger charge is -2.43. The summed E-state index contributed by atoms with van der Waals surface area (Å²) in [5.74, 6) is 0.346. The highest BCUT2D eigenvalue weighted by atomic mass is 28.4. The number of nitrogens with one attached hydrogen (secondary N) is 1. The highest BCUT2D eigenvalue weighted by Gasteiger charge is 2.42. The van der Waals surface area contributed by atoms with E-state index in [0.717, 1.165) is 36.8 Å². The van der Waals surface area contributed by atoms with Gasteiger partial charge in [0.15, 0.2) is 8.32 Å². The normalized spacial score (nSPS) is 24.5. The van der Waals surface area contributed by atoms with Gasteiger partial charge in [0.2, 0.25) is 0 Å². The molecule has 1 aliphatic carbocycles. The van der Waals surface area contributed by atoms with Crippen LogP contribution >= 0.6 is 0 Å². The Morgan fingerprint density at radius 1 is 0.812 bits per heavy atom. The van der Waals surface area contributed by atoms with Crippen LogP contribution in [0.15, 0.2) is 91.0 Å². The Hall–Kier alpha value is -2.40. The van der Waals surface area contributed by atoms with E-state index in [0.29, 0.717) is 33.2 Å². The fourth-order valence-corrected chi connectivity index (χ4v) is 7.72. The Morgan fingerprint density at radius 2 is 1.33 bits per heavy atom. The van der Waals surface area contributed by atoms with Gasteiger partial charge in [0.05, 0.1) is 44.7 Å². The SMILES string of the molecule is CC(C)(C)[Si](C)(C)OC[C@H](C[C@@H]1C[C@@H](OCc2ccccc2)[C@H](OCc2ccccc2)C[C@H]1CO)NN1COC[C@@H]1Cc1ccccc1. The standard InChI is InChI=1S/C40H58N2O5Si/c1-40(2,3)48(4,5)47-28-36(41-42-30-44-29-37(42)21-31-15-9-6-10-16-31)22-34-23-38(45-26-32-17-11-7-12-18-32)39(24-35(34)25-43)46-27-33-19-13-8-14-20-33/h6-20,34-39,41,43H,21-30H2,1-5H3/t34-,35+,36+,37+,38-,39-/m1/s1. The number of nitrogens with zero attached hydrogens (tertiary/aromatic N) is 1. The third-order valence-corrected chi connectivity index (χ3v) is 15.2. The van der Waals surface area contributed by atoms with Gasteiger partial charge >= 0.3 is 0 Å². The summed E-state index contributed by atoms with van der Waals surface area (Å²) in [7, 11) is -1.99. The average molecular weight is 675 g/mol. The molecule has 0 spiro atoms. The van der Waals surface area contributed by atoms with E-state index in [2.05, 4.69) is 111 Å². The Labute approximate surface area is 290 Å². The van der Waals surface area contributed by atoms with E-state index in [4.69, 9.17) is 18.6 Å². The summed E-state index contributed by atoms with van der Waals surface area (Å²) in [5.41, 5.74) is 7.49. The first-order chi connectivity index (χ1) is 23.1. The van der Waals surface area contributed by atoms with Crippen LogP contribution in [-0.2, 0) is 38.3 Å². The monoisotopic (exact) mass is 674 g/mol. The van der Waals surface area contributed by atoms with Crippen LogP contribution in [0.1, 0.15) is 56.7 Å². The largest absolute Gasteiger partial charge is 0.415 e. The first-order valence-electron chi connectivity index (χ1n) is 17.8. The van der Waals surface area contributed by atoms with Gasteiger partial charge in [-0.1, -0.05) is 112 Å². The molecular weight excluding hydrogens is 617 g/mol. The van der Waals surface area contributed by atoms with Crippen molar-refractivity contribution in [1.29, 1.82) is 0 Å². The van der Waals surface area contributed by atoms with Gasteiger partial charge in [-0.3, -0.25) is 0 Å². The van der Waals surface area contributed by atoms with Gasteiger partial charge in [-0.15, -0.1) is 0 Å². The molecule has 8 heteroatoms. The minimum Gasteiger partial charge on any atom is -0.415 e. The predicted octanol–water partition coefficient (Wildman–Crippen LogP) is 7.36. The second kappa shape index (κ2) is 17.5. The number of aliphatic hydroxyl groups excluding tert-OH is 1. The number of hydrazine groups is 1. The smallest absolute Gasteiger partial charge is 0.192 e. The maximum Gasteiger partial charge on any atom is 0.192 e. The Balaban J connectivity index is 1.32. The van der Waals surface area contributed by atoms with Crippen molar-refractivity contribution >= 4 is 8.32 Å². The summed E-state index contributed by atoms with van der Waals surface area (Å²) in [6, 6.07) is 31.6. The average Bonchev–Trinajstić information content (AvgIpc) is 3.52. The molecule has 0 amide bonds. The predicted molar refractivity (Wildman–Crippen MR) is 195 cm³/mol. The second-order valence-electron chi connectivity index (χ2n) is 15.3. The summed E-state index contributed by atoms with van der Waals surface area (Å²) in [5, 5.41) is 13.1. The summed E-state index contributed by atoms with van der Waals surface area (Å²) in [4.78, 5) is 0. The second-order valence-corrected chi connectivity index (χ2v) is 20.1. The molecule has 262 valence electrons. The van der Waals surface area contributed by atoms with Crippen LogP contribution in [0.3, 0.4) is 0 Å². The Morgan fingerprint density at radius 3 is 1.85 bits per heavy atom. The Kier molecular flexibility index (Phi) is 13.4. The third kappa shape index (κ3) is 10.5. The van der Waals surface area contributed by atoms with E-state index >= 15 is 0 Å². The molecule has 1 saturated heterocycles. The van der Waals surface area contributed by atoms with Gasteiger partial charge in [-0.2, -0.15) is 0 Å². The van der Waals surface area contributed by atoms with Gasteiger partial charge in [0, 0.05) is 12.6 Å². The highest BCUT2D eigenvalue weighted by Crippen LogP contribution is 2.39. The van der Waals surface area contributed by atoms with Crippen molar-refractivity contribution in [3.8, 4) is 0 Å². The molecule has 1 aliphatic heterocycles. The molecule has 6 atom stereocenters. The molecule has 48 heavy (non-hydrogen) atoms. The summed E-state index contributed by atoms with van der Waals surface area (Å²) in [6.07, 6.45) is 3.18. The third-order valence-electron chi connectivity index (χ3n) is 10.7. The number of ether oxygens (including phenoxy) is 3. The van der Waals surface area contributed by atoms with E-state index in [9.17, 15) is 5.11 Å². The van der Waals surface area contributed by atoms with Gasteiger partial charge < -0.3 is 23.7 Å². The zero-order valence-electron chi connectivity index (χ0n) is 29.7. The van der Waals surface area contributed by atoms with Crippen LogP contribution in [0.2, 0.25) is 18.1 Å². The molecule has 1 heterocycles. The fourth-order valence-electron chi connectivity index (χ4n) is 6.67. The van der Waals surface area contributed by atoms with Crippen molar-refractivity contribution in [3.63, 3.8) is 0 Å². The van der Waals surface area contributed by atoms with Crippen LogP contribution < -0.4 is 5.43 Å². The summed E-state index contributed by atoms with van der Waals surface area (Å²) >= 11 is 0. The first-order valence-corrected chi connectivity index (χ1v) is 20.7. The molecule has 0 radical (unpaired) electrons. The molecule has 2 fully saturated rings. The lowest BCUT2D eigenvalue weighted by Crippen LogP contribution is -2.54. The van der Waals surface area contributed by atoms with Crippen LogP contribution in [0, 0.1) is 11.8 Å². The zero-order chi connectivity index (χ0) is 34.0. The highest BCUT2D eigenvalue weighted by molar-refractivity contribution is 6.74. The molecule has 5 rings (SSSR count). The minimum atomic E-state index is -1.99. The van der Waals surface area contributed by atoms with Crippen LogP contribution in [0.5, 0.6) is 0 Å². The minimum absolute atomic E-state index is 0.0645. The lowest BCUT2D eigenvalue weighted by molar-refractivity contribution is -0.133. The molecule has 2 aliphatic rings. The molecule has 0 aromatic heterocycles.